The second-order valence-electron chi connectivity index (χ2n) is 4.64. The van der Waals surface area contributed by atoms with Crippen LogP contribution in [-0.2, 0) is 4.79 Å². The first-order valence-corrected chi connectivity index (χ1v) is 6.44. The molecule has 1 aromatic rings. The third kappa shape index (κ3) is 3.75. The third-order valence-corrected chi connectivity index (χ3v) is 3.00. The molecule has 0 radical (unpaired) electrons. The number of carbonyl (C=O) groups is 3. The average Bonchev–Trinajstić information content (AvgIpc) is 2.82. The van der Waals surface area contributed by atoms with Crippen molar-refractivity contribution in [2.24, 2.45) is 0 Å². The molecule has 1 saturated heterocycles. The van der Waals surface area contributed by atoms with Gasteiger partial charge in [-0.2, -0.15) is 0 Å². The number of likely N-dealkylation sites (tertiary alicyclic amines) is 1. The maximum Gasteiger partial charge on any atom is 0.358 e. The largest absolute Gasteiger partial charge is 0.476 e. The molecule has 2 heterocycles. The number of hydrogen-bond acceptors (Lipinski definition) is 6. The lowest BCUT2D eigenvalue weighted by atomic mass is 10.1. The molecule has 114 valence electrons. The molecule has 3 N–H and O–H groups in total. The molecule has 3 amide bonds. The van der Waals surface area contributed by atoms with Crippen molar-refractivity contribution >= 4 is 17.9 Å². The summed E-state index contributed by atoms with van der Waals surface area (Å²) >= 11 is 0. The van der Waals surface area contributed by atoms with E-state index in [4.69, 9.17) is 5.11 Å². The van der Waals surface area contributed by atoms with Crippen molar-refractivity contribution in [1.29, 1.82) is 0 Å². The Labute approximate surface area is 120 Å². The van der Waals surface area contributed by atoms with E-state index in [0.29, 0.717) is 19.6 Å². The zero-order valence-electron chi connectivity index (χ0n) is 11.4. The zero-order valence-corrected chi connectivity index (χ0v) is 11.4. The fourth-order valence-electron chi connectivity index (χ4n) is 1.97. The Morgan fingerprint density at radius 3 is 2.71 bits per heavy atom. The van der Waals surface area contributed by atoms with Crippen LogP contribution >= 0.6 is 0 Å². The number of nitrogens with one attached hydrogen (secondary N) is 2. The van der Waals surface area contributed by atoms with Gasteiger partial charge in [-0.1, -0.05) is 5.21 Å². The molecule has 0 aromatic carbocycles. The number of imide groups is 1. The normalized spacial score (nSPS) is 15.3. The maximum absolute atomic E-state index is 11.5. The molecule has 1 aliphatic rings. The Morgan fingerprint density at radius 2 is 2.14 bits per heavy atom. The molecule has 0 aliphatic carbocycles. The molecule has 10 nitrogen and oxygen atoms in total. The van der Waals surface area contributed by atoms with Gasteiger partial charge in [0.1, 0.15) is 0 Å². The molecule has 10 heteroatoms. The molecule has 0 unspecified atom stereocenters. The first kappa shape index (κ1) is 14.9. The molecule has 21 heavy (non-hydrogen) atoms. The lowest BCUT2D eigenvalue weighted by Gasteiger charge is -2.38. The summed E-state index contributed by atoms with van der Waals surface area (Å²) in [6.45, 7) is 3.40. The molecule has 1 fully saturated rings. The van der Waals surface area contributed by atoms with Crippen LogP contribution in [0.4, 0.5) is 4.79 Å². The fraction of sp³-hybridized carbons (Fsp3) is 0.545. The number of carboxylic acid groups (broad SMARTS) is 1. The monoisotopic (exact) mass is 296 g/mol. The topological polar surface area (TPSA) is 129 Å². The first-order chi connectivity index (χ1) is 9.99. The van der Waals surface area contributed by atoms with E-state index >= 15 is 0 Å². The first-order valence-electron chi connectivity index (χ1n) is 6.44. The highest BCUT2D eigenvalue weighted by atomic mass is 16.4. The summed E-state index contributed by atoms with van der Waals surface area (Å²) in [4.78, 5) is 35.2. The van der Waals surface area contributed by atoms with Crippen molar-refractivity contribution < 1.29 is 19.5 Å². The van der Waals surface area contributed by atoms with Gasteiger partial charge in [0.25, 0.3) is 0 Å². The molecular weight excluding hydrogens is 280 g/mol. The van der Waals surface area contributed by atoms with Gasteiger partial charge in [-0.15, -0.1) is 5.10 Å². The number of carbonyl (C=O) groups excluding carboxylic acids is 2. The number of carboxylic acids is 1. The average molecular weight is 296 g/mol. The van der Waals surface area contributed by atoms with Gasteiger partial charge in [0, 0.05) is 19.6 Å². The van der Waals surface area contributed by atoms with Crippen molar-refractivity contribution in [1.82, 2.24) is 30.5 Å². The van der Waals surface area contributed by atoms with Gasteiger partial charge in [0.05, 0.1) is 18.8 Å². The van der Waals surface area contributed by atoms with Crippen LogP contribution in [0.25, 0.3) is 0 Å². The summed E-state index contributed by atoms with van der Waals surface area (Å²) in [5.41, 5.74) is -0.109. The lowest BCUT2D eigenvalue weighted by Crippen LogP contribution is -2.53. The quantitative estimate of drug-likeness (QED) is 0.614. The summed E-state index contributed by atoms with van der Waals surface area (Å²) in [6, 6.07) is -0.523. The van der Waals surface area contributed by atoms with Crippen LogP contribution in [0.2, 0.25) is 0 Å². The molecule has 1 aliphatic heterocycles. The standard InChI is InChI=1S/C11H16N6O4/c1-2-12-11(21)13-9(18)6-16-3-7(4-16)17-5-8(10(19)20)14-15-17/h5,7H,2-4,6H2,1H3,(H,19,20)(H2,12,13,18,21). The van der Waals surface area contributed by atoms with E-state index in [1.54, 1.807) is 6.92 Å². The number of aromatic carboxylic acids is 1. The van der Waals surface area contributed by atoms with Crippen molar-refractivity contribution in [2.45, 2.75) is 13.0 Å². The van der Waals surface area contributed by atoms with Gasteiger partial charge in [-0.3, -0.25) is 15.0 Å². The Balaban J connectivity index is 1.74. The maximum atomic E-state index is 11.5. The van der Waals surface area contributed by atoms with Crippen molar-refractivity contribution in [2.75, 3.05) is 26.2 Å². The predicted molar refractivity (Wildman–Crippen MR) is 69.7 cm³/mol. The predicted octanol–water partition coefficient (Wildman–Crippen LogP) is -1.32. The van der Waals surface area contributed by atoms with Gasteiger partial charge in [0.2, 0.25) is 5.91 Å². The summed E-state index contributed by atoms with van der Waals surface area (Å²) in [5, 5.41) is 20.7. The zero-order chi connectivity index (χ0) is 15.4. The highest BCUT2D eigenvalue weighted by molar-refractivity contribution is 5.95. The van der Waals surface area contributed by atoms with E-state index in [1.807, 2.05) is 4.90 Å². The van der Waals surface area contributed by atoms with E-state index < -0.39 is 12.0 Å². The Bertz CT molecular complexity index is 551. The van der Waals surface area contributed by atoms with E-state index in [2.05, 4.69) is 20.9 Å². The number of hydrogen-bond donors (Lipinski definition) is 3. The van der Waals surface area contributed by atoms with E-state index in [9.17, 15) is 14.4 Å². The van der Waals surface area contributed by atoms with Gasteiger partial charge in [-0.05, 0) is 6.92 Å². The van der Waals surface area contributed by atoms with Crippen LogP contribution in [0.5, 0.6) is 0 Å². The molecule has 0 saturated carbocycles. The summed E-state index contributed by atoms with van der Waals surface area (Å²) in [5.74, 6) is -1.51. The van der Waals surface area contributed by atoms with Crippen LogP contribution in [0.3, 0.4) is 0 Å². The minimum atomic E-state index is -1.13. The van der Waals surface area contributed by atoms with E-state index in [-0.39, 0.29) is 24.2 Å². The van der Waals surface area contributed by atoms with Gasteiger partial charge < -0.3 is 10.4 Å². The van der Waals surface area contributed by atoms with Crippen molar-refractivity contribution in [3.05, 3.63) is 11.9 Å². The summed E-state index contributed by atoms with van der Waals surface area (Å²) < 4.78 is 1.47. The number of urea groups is 1. The van der Waals surface area contributed by atoms with Crippen LogP contribution in [0.15, 0.2) is 6.20 Å². The smallest absolute Gasteiger partial charge is 0.358 e. The molecule has 0 spiro atoms. The van der Waals surface area contributed by atoms with Crippen molar-refractivity contribution in [3.63, 3.8) is 0 Å². The minimum absolute atomic E-state index is 0.0112. The van der Waals surface area contributed by atoms with E-state index in [1.165, 1.54) is 10.9 Å². The minimum Gasteiger partial charge on any atom is -0.476 e. The Hall–Kier alpha value is -2.49. The summed E-state index contributed by atoms with van der Waals surface area (Å²) in [7, 11) is 0. The third-order valence-electron chi connectivity index (χ3n) is 3.00. The SMILES string of the molecule is CCNC(=O)NC(=O)CN1CC(n2cc(C(=O)O)nn2)C1. The van der Waals surface area contributed by atoms with Crippen LogP contribution in [0.1, 0.15) is 23.5 Å². The molecule has 2 rings (SSSR count). The van der Waals surface area contributed by atoms with Crippen LogP contribution in [-0.4, -0.2) is 69.1 Å². The lowest BCUT2D eigenvalue weighted by molar-refractivity contribution is -0.122. The van der Waals surface area contributed by atoms with Gasteiger partial charge in [-0.25, -0.2) is 14.3 Å². The number of rotatable bonds is 5. The Morgan fingerprint density at radius 1 is 1.43 bits per heavy atom. The van der Waals surface area contributed by atoms with Crippen molar-refractivity contribution in [3.8, 4) is 0 Å². The second kappa shape index (κ2) is 6.31. The molecule has 0 atom stereocenters. The number of nitrogens with zero attached hydrogens (tertiary/aromatic N) is 4. The fourth-order valence-corrected chi connectivity index (χ4v) is 1.97. The van der Waals surface area contributed by atoms with Gasteiger partial charge >= 0.3 is 12.0 Å². The Kier molecular flexibility index (Phi) is 4.48. The van der Waals surface area contributed by atoms with Crippen LogP contribution < -0.4 is 10.6 Å². The molecule has 1 aromatic heterocycles. The number of aromatic nitrogens is 3. The molecule has 0 bridgehead atoms. The second-order valence-corrected chi connectivity index (χ2v) is 4.64. The van der Waals surface area contributed by atoms with E-state index in [0.717, 1.165) is 0 Å². The molecular formula is C11H16N6O4. The van der Waals surface area contributed by atoms with Crippen LogP contribution in [0, 0.1) is 0 Å². The summed E-state index contributed by atoms with van der Waals surface area (Å²) in [6.07, 6.45) is 1.36. The highest BCUT2D eigenvalue weighted by Crippen LogP contribution is 2.19. The van der Waals surface area contributed by atoms with Gasteiger partial charge in [0.15, 0.2) is 5.69 Å². The highest BCUT2D eigenvalue weighted by Gasteiger charge is 2.31. The number of amides is 3.